The molecule has 0 unspecified atom stereocenters. The predicted molar refractivity (Wildman–Crippen MR) is 105 cm³/mol. The maximum absolute atomic E-state index is 12.7. The summed E-state index contributed by atoms with van der Waals surface area (Å²) in [6.45, 7) is 2.33. The van der Waals surface area contributed by atoms with Crippen LogP contribution in [0, 0.1) is 19.3 Å². The lowest BCUT2D eigenvalue weighted by atomic mass is 10.2. The highest BCUT2D eigenvalue weighted by Gasteiger charge is 2.27. The van der Waals surface area contributed by atoms with Gasteiger partial charge in [-0.15, -0.1) is 6.42 Å². The van der Waals surface area contributed by atoms with Crippen LogP contribution < -0.4 is 14.3 Å². The van der Waals surface area contributed by atoms with Crippen LogP contribution in [-0.2, 0) is 11.3 Å². The number of nitrogens with zero attached hydrogens (tertiary/aromatic N) is 2. The summed E-state index contributed by atoms with van der Waals surface area (Å²) in [4.78, 5) is 17.5. The lowest BCUT2D eigenvalue weighted by Gasteiger charge is -2.23. The van der Waals surface area contributed by atoms with Crippen molar-refractivity contribution in [3.8, 4) is 23.8 Å². The fraction of sp³-hybridized carbons (Fsp3) is 0.200. The Bertz CT molecular complexity index is 1160. The molecular weight excluding hydrogens is 384 g/mol. The molecule has 1 aromatic heterocycles. The summed E-state index contributed by atoms with van der Waals surface area (Å²) in [6, 6.07) is 11.0. The number of aromatic nitrogens is 1. The van der Waals surface area contributed by atoms with Crippen LogP contribution in [0.15, 0.2) is 41.4 Å². The summed E-state index contributed by atoms with van der Waals surface area (Å²) < 4.78 is 14.1. The first kappa shape index (κ1) is 17.7. The zero-order chi connectivity index (χ0) is 19.0. The van der Waals surface area contributed by atoms with Crippen molar-refractivity contribution >= 4 is 39.1 Å². The van der Waals surface area contributed by atoms with Gasteiger partial charge in [-0.2, -0.15) is 4.99 Å². The summed E-state index contributed by atoms with van der Waals surface area (Å²) in [5, 5.41) is 0.643. The van der Waals surface area contributed by atoms with E-state index < -0.39 is 12.0 Å². The number of rotatable bonds is 2. The number of carbonyl (C=O) groups is 1. The number of terminal acetylenes is 1. The Balaban J connectivity index is 1.75. The highest BCUT2D eigenvalue weighted by atomic mass is 35.5. The molecule has 1 atom stereocenters. The van der Waals surface area contributed by atoms with Crippen molar-refractivity contribution in [2.45, 2.75) is 19.6 Å². The summed E-state index contributed by atoms with van der Waals surface area (Å²) in [6.07, 6.45) is 4.73. The van der Waals surface area contributed by atoms with Gasteiger partial charge in [0.2, 0.25) is 6.10 Å². The van der Waals surface area contributed by atoms with Crippen LogP contribution in [0.4, 0.5) is 0 Å². The van der Waals surface area contributed by atoms with Crippen LogP contribution >= 0.6 is 22.9 Å². The van der Waals surface area contributed by atoms with Gasteiger partial charge in [0.05, 0.1) is 16.8 Å². The molecule has 0 N–H and O–H groups in total. The molecular formula is C20H15ClN2O3S. The number of hydrogen-bond acceptors (Lipinski definition) is 4. The molecule has 0 radical (unpaired) electrons. The van der Waals surface area contributed by atoms with E-state index in [9.17, 15) is 4.79 Å². The third-order valence-electron chi connectivity index (χ3n) is 4.27. The molecule has 5 nitrogen and oxygen atoms in total. The quantitative estimate of drug-likeness (QED) is 0.620. The molecule has 1 aliphatic rings. The first-order chi connectivity index (χ1) is 13.1. The number of carbonyl (C=O) groups excluding carboxylic acids is 1. The second-order valence-electron chi connectivity index (χ2n) is 6.01. The Hall–Kier alpha value is -2.75. The van der Waals surface area contributed by atoms with E-state index in [0.717, 1.165) is 15.8 Å². The molecule has 3 aromatic rings. The van der Waals surface area contributed by atoms with Crippen LogP contribution in [0.3, 0.4) is 0 Å². The number of para-hydroxylation sites is 2. The minimum absolute atomic E-state index is 0.115. The molecule has 1 aliphatic heterocycles. The van der Waals surface area contributed by atoms with Gasteiger partial charge in [0.25, 0.3) is 5.91 Å². The zero-order valence-electron chi connectivity index (χ0n) is 14.4. The summed E-state index contributed by atoms with van der Waals surface area (Å²) >= 11 is 7.64. The van der Waals surface area contributed by atoms with Gasteiger partial charge in [-0.1, -0.05) is 41.0 Å². The Morgan fingerprint density at radius 1 is 1.37 bits per heavy atom. The molecule has 2 heterocycles. The van der Waals surface area contributed by atoms with Crippen molar-refractivity contribution in [1.29, 1.82) is 0 Å². The third-order valence-corrected chi connectivity index (χ3v) is 5.72. The SMILES string of the molecule is C#CCn1c(=NC(=O)[C@H]2COc3ccccc3O2)sc2ccc(Cl)c(C)c21. The van der Waals surface area contributed by atoms with Crippen LogP contribution in [0.1, 0.15) is 5.56 Å². The molecule has 7 heteroatoms. The highest BCUT2D eigenvalue weighted by molar-refractivity contribution is 7.16. The van der Waals surface area contributed by atoms with E-state index in [1.54, 1.807) is 12.1 Å². The van der Waals surface area contributed by atoms with Gasteiger partial charge in [0.15, 0.2) is 16.3 Å². The van der Waals surface area contributed by atoms with Gasteiger partial charge >= 0.3 is 0 Å². The lowest BCUT2D eigenvalue weighted by Crippen LogP contribution is -2.36. The largest absolute Gasteiger partial charge is 0.485 e. The van der Waals surface area contributed by atoms with Crippen LogP contribution in [0.2, 0.25) is 5.02 Å². The maximum Gasteiger partial charge on any atom is 0.292 e. The van der Waals surface area contributed by atoms with E-state index >= 15 is 0 Å². The smallest absolute Gasteiger partial charge is 0.292 e. The van der Waals surface area contributed by atoms with Gasteiger partial charge in [-0.05, 0) is 36.8 Å². The van der Waals surface area contributed by atoms with Gasteiger partial charge in [-0.25, -0.2) is 0 Å². The average Bonchev–Trinajstić information content (AvgIpc) is 3.02. The van der Waals surface area contributed by atoms with Crippen LogP contribution in [0.25, 0.3) is 10.2 Å². The molecule has 2 aromatic carbocycles. The molecule has 0 spiro atoms. The number of halogens is 1. The second-order valence-corrected chi connectivity index (χ2v) is 7.42. The van der Waals surface area contributed by atoms with Crippen molar-refractivity contribution in [2.75, 3.05) is 6.61 Å². The molecule has 1 amide bonds. The topological polar surface area (TPSA) is 52.8 Å². The van der Waals surface area contributed by atoms with E-state index in [1.807, 2.05) is 35.8 Å². The molecule has 0 fully saturated rings. The number of aryl methyl sites for hydroxylation is 1. The van der Waals surface area contributed by atoms with E-state index in [1.165, 1.54) is 11.3 Å². The number of benzene rings is 2. The first-order valence-corrected chi connectivity index (χ1v) is 9.47. The third kappa shape index (κ3) is 3.20. The molecule has 27 heavy (non-hydrogen) atoms. The average molecular weight is 399 g/mol. The molecule has 0 saturated carbocycles. The van der Waals surface area contributed by atoms with Gasteiger partial charge in [0, 0.05) is 5.02 Å². The van der Waals surface area contributed by atoms with E-state index in [0.29, 0.717) is 21.3 Å². The number of amides is 1. The lowest BCUT2D eigenvalue weighted by molar-refractivity contribution is -0.127. The molecule has 0 aliphatic carbocycles. The van der Waals surface area contributed by atoms with Gasteiger partial charge < -0.3 is 14.0 Å². The minimum atomic E-state index is -0.797. The monoisotopic (exact) mass is 398 g/mol. The molecule has 0 saturated heterocycles. The highest BCUT2D eigenvalue weighted by Crippen LogP contribution is 2.31. The van der Waals surface area contributed by atoms with Crippen molar-refractivity contribution in [3.63, 3.8) is 0 Å². The maximum atomic E-state index is 12.7. The van der Waals surface area contributed by atoms with Gasteiger partial charge in [-0.3, -0.25) is 4.79 Å². The Kier molecular flexibility index (Phi) is 4.65. The van der Waals surface area contributed by atoms with Crippen molar-refractivity contribution in [3.05, 3.63) is 51.8 Å². The zero-order valence-corrected chi connectivity index (χ0v) is 16.0. The number of hydrogen-bond donors (Lipinski definition) is 0. The first-order valence-electron chi connectivity index (χ1n) is 8.27. The number of fused-ring (bicyclic) bond motifs is 2. The normalized spacial score (nSPS) is 16.3. The standard InChI is InChI=1S/C20H15ClN2O3S/c1-3-10-23-18-12(2)13(21)8-9-17(18)27-20(23)22-19(24)16-11-25-14-6-4-5-7-15(14)26-16/h1,4-9,16H,10-11H2,2H3/t16-/m1/s1. The summed E-state index contributed by atoms with van der Waals surface area (Å²) in [7, 11) is 0. The van der Waals surface area contributed by atoms with Crippen molar-refractivity contribution in [1.82, 2.24) is 4.57 Å². The fourth-order valence-corrected chi connectivity index (χ4v) is 4.19. The van der Waals surface area contributed by atoms with Crippen molar-refractivity contribution < 1.29 is 14.3 Å². The second kappa shape index (κ2) is 7.10. The van der Waals surface area contributed by atoms with Crippen LogP contribution in [0.5, 0.6) is 11.5 Å². The van der Waals surface area contributed by atoms with Gasteiger partial charge in [0.1, 0.15) is 6.61 Å². The molecule has 136 valence electrons. The predicted octanol–water partition coefficient (Wildman–Crippen LogP) is 3.57. The Morgan fingerprint density at radius 3 is 2.93 bits per heavy atom. The van der Waals surface area contributed by atoms with Crippen molar-refractivity contribution in [2.24, 2.45) is 4.99 Å². The van der Waals surface area contributed by atoms with E-state index in [4.69, 9.17) is 27.5 Å². The number of ether oxygens (including phenoxy) is 2. The fourth-order valence-electron chi connectivity index (χ4n) is 2.95. The number of thiazole rings is 1. The Labute approximate surface area is 164 Å². The Morgan fingerprint density at radius 2 is 2.15 bits per heavy atom. The minimum Gasteiger partial charge on any atom is -0.485 e. The van der Waals surface area contributed by atoms with E-state index in [-0.39, 0.29) is 13.2 Å². The molecule has 0 bridgehead atoms. The molecule has 4 rings (SSSR count). The van der Waals surface area contributed by atoms with Crippen LogP contribution in [-0.4, -0.2) is 23.2 Å². The van der Waals surface area contributed by atoms with E-state index in [2.05, 4.69) is 10.9 Å². The summed E-state index contributed by atoms with van der Waals surface area (Å²) in [5.41, 5.74) is 1.80. The summed E-state index contributed by atoms with van der Waals surface area (Å²) in [5.74, 6) is 3.36.